The summed E-state index contributed by atoms with van der Waals surface area (Å²) in [4.78, 5) is 15.4. The topological polar surface area (TPSA) is 95.7 Å². The first-order valence-corrected chi connectivity index (χ1v) is 7.49. The molecule has 0 radical (unpaired) electrons. The lowest BCUT2D eigenvalue weighted by atomic mass is 9.83. The zero-order chi connectivity index (χ0) is 14.2. The molecule has 1 aliphatic rings. The second-order valence-electron chi connectivity index (χ2n) is 5.26. The number of hydrogen-bond acceptors (Lipinski definition) is 6. The highest BCUT2D eigenvalue weighted by Crippen LogP contribution is 2.32. The van der Waals surface area contributed by atoms with E-state index < -0.39 is 4.92 Å². The zero-order valence-electron chi connectivity index (χ0n) is 10.9. The van der Waals surface area contributed by atoms with Crippen molar-refractivity contribution in [2.24, 2.45) is 5.73 Å². The van der Waals surface area contributed by atoms with Gasteiger partial charge in [-0.05, 0) is 17.8 Å². The van der Waals surface area contributed by atoms with Crippen LogP contribution in [0.15, 0.2) is 11.6 Å². The lowest BCUT2D eigenvalue weighted by Gasteiger charge is -2.32. The third-order valence-corrected chi connectivity index (χ3v) is 4.48. The number of thiazole rings is 1. The third-order valence-electron chi connectivity index (χ3n) is 3.72. The molecule has 2 heterocycles. The Balaban J connectivity index is 1.81. The van der Waals surface area contributed by atoms with Gasteiger partial charge in [0.2, 0.25) is 0 Å². The molecule has 108 valence electrons. The Morgan fingerprint density at radius 2 is 2.25 bits per heavy atom. The van der Waals surface area contributed by atoms with Crippen molar-refractivity contribution in [1.29, 1.82) is 0 Å². The molecule has 0 bridgehead atoms. The summed E-state index contributed by atoms with van der Waals surface area (Å²) >= 11 is 1.34. The average Bonchev–Trinajstić information content (AvgIpc) is 2.96. The minimum Gasteiger partial charge on any atom is -0.470 e. The van der Waals surface area contributed by atoms with Gasteiger partial charge >= 0.3 is 11.7 Å². The van der Waals surface area contributed by atoms with Crippen LogP contribution >= 0.6 is 11.3 Å². The van der Waals surface area contributed by atoms with Gasteiger partial charge < -0.3 is 20.6 Å². The maximum Gasteiger partial charge on any atom is 0.393 e. The van der Waals surface area contributed by atoms with Gasteiger partial charge in [-0.1, -0.05) is 30.6 Å². The first kappa shape index (κ1) is 13.3. The standard InChI is InChI=1S/C12H16N4O3S/c13-12(4-2-1-3-5-12)8-19-9-10(16(17)18)15-6-7-20-11(15)14-9/h6-7H,1-5,8,13H2. The summed E-state index contributed by atoms with van der Waals surface area (Å²) in [6.07, 6.45) is 6.77. The molecule has 2 aromatic rings. The molecule has 1 saturated carbocycles. The molecule has 20 heavy (non-hydrogen) atoms. The van der Waals surface area contributed by atoms with Gasteiger partial charge in [-0.15, -0.1) is 0 Å². The Hall–Kier alpha value is -1.67. The summed E-state index contributed by atoms with van der Waals surface area (Å²) in [5.74, 6) is -0.0575. The van der Waals surface area contributed by atoms with Crippen molar-refractivity contribution < 1.29 is 9.66 Å². The van der Waals surface area contributed by atoms with Gasteiger partial charge in [0, 0.05) is 5.38 Å². The van der Waals surface area contributed by atoms with Crippen molar-refractivity contribution >= 4 is 22.1 Å². The molecule has 2 aromatic heterocycles. The molecule has 1 fully saturated rings. The number of ether oxygens (including phenoxy) is 1. The van der Waals surface area contributed by atoms with Crippen molar-refractivity contribution in [3.63, 3.8) is 0 Å². The molecule has 0 saturated heterocycles. The molecular weight excluding hydrogens is 280 g/mol. The molecule has 0 aliphatic heterocycles. The van der Waals surface area contributed by atoms with Gasteiger partial charge in [0.1, 0.15) is 12.8 Å². The molecule has 0 atom stereocenters. The van der Waals surface area contributed by atoms with Gasteiger partial charge in [-0.25, -0.2) is 0 Å². The van der Waals surface area contributed by atoms with Crippen LogP contribution in [0.3, 0.4) is 0 Å². The molecular formula is C12H16N4O3S. The van der Waals surface area contributed by atoms with Crippen LogP contribution in [-0.2, 0) is 0 Å². The lowest BCUT2D eigenvalue weighted by molar-refractivity contribution is -0.391. The van der Waals surface area contributed by atoms with Crippen LogP contribution < -0.4 is 10.5 Å². The highest BCUT2D eigenvalue weighted by Gasteiger charge is 2.31. The smallest absolute Gasteiger partial charge is 0.393 e. The molecule has 0 aromatic carbocycles. The Morgan fingerprint density at radius 1 is 1.50 bits per heavy atom. The minimum atomic E-state index is -0.466. The van der Waals surface area contributed by atoms with Crippen LogP contribution in [0, 0.1) is 10.1 Å². The Bertz CT molecular complexity index is 630. The van der Waals surface area contributed by atoms with Crippen LogP contribution in [0.2, 0.25) is 0 Å². The second-order valence-corrected chi connectivity index (χ2v) is 6.14. The Labute approximate surface area is 119 Å². The van der Waals surface area contributed by atoms with E-state index in [-0.39, 0.29) is 23.8 Å². The maximum absolute atomic E-state index is 11.2. The lowest BCUT2D eigenvalue weighted by Crippen LogP contribution is -2.47. The highest BCUT2D eigenvalue weighted by molar-refractivity contribution is 7.15. The predicted molar refractivity (Wildman–Crippen MR) is 75.2 cm³/mol. The van der Waals surface area contributed by atoms with E-state index >= 15 is 0 Å². The molecule has 7 nitrogen and oxygen atoms in total. The molecule has 1 aliphatic carbocycles. The number of hydrogen-bond donors (Lipinski definition) is 1. The van der Waals surface area contributed by atoms with E-state index in [2.05, 4.69) is 4.98 Å². The first-order valence-electron chi connectivity index (χ1n) is 6.61. The Morgan fingerprint density at radius 3 is 2.95 bits per heavy atom. The summed E-state index contributed by atoms with van der Waals surface area (Å²) in [7, 11) is 0. The van der Waals surface area contributed by atoms with Crippen LogP contribution in [0.5, 0.6) is 5.88 Å². The molecule has 2 N–H and O–H groups in total. The number of imidazole rings is 1. The number of nitrogens with two attached hydrogens (primary N) is 1. The largest absolute Gasteiger partial charge is 0.470 e. The van der Waals surface area contributed by atoms with Gasteiger partial charge in [-0.2, -0.15) is 9.38 Å². The van der Waals surface area contributed by atoms with Gasteiger partial charge in [0.05, 0.1) is 5.54 Å². The highest BCUT2D eigenvalue weighted by atomic mass is 32.1. The molecule has 3 rings (SSSR count). The van der Waals surface area contributed by atoms with E-state index in [4.69, 9.17) is 10.5 Å². The van der Waals surface area contributed by atoms with E-state index in [1.165, 1.54) is 22.2 Å². The summed E-state index contributed by atoms with van der Waals surface area (Å²) in [6.45, 7) is 0.276. The zero-order valence-corrected chi connectivity index (χ0v) is 11.8. The monoisotopic (exact) mass is 296 g/mol. The van der Waals surface area contributed by atoms with Crippen LogP contribution in [0.4, 0.5) is 5.82 Å². The van der Waals surface area contributed by atoms with Crippen LogP contribution in [0.1, 0.15) is 32.1 Å². The maximum atomic E-state index is 11.2. The fourth-order valence-electron chi connectivity index (χ4n) is 2.63. The van der Waals surface area contributed by atoms with Crippen LogP contribution in [0.25, 0.3) is 4.96 Å². The predicted octanol–water partition coefficient (Wildman–Crippen LogP) is 2.34. The van der Waals surface area contributed by atoms with Gasteiger partial charge in [0.25, 0.3) is 4.96 Å². The molecule has 0 spiro atoms. The van der Waals surface area contributed by atoms with Crippen LogP contribution in [-0.4, -0.2) is 26.5 Å². The van der Waals surface area contributed by atoms with Crippen molar-refractivity contribution in [2.75, 3.05) is 6.61 Å². The number of aromatic nitrogens is 2. The SMILES string of the molecule is NC1(COc2nc3sccn3c2[N+](=O)[O-])CCCCC1. The van der Waals surface area contributed by atoms with E-state index in [1.54, 1.807) is 11.6 Å². The number of rotatable bonds is 4. The summed E-state index contributed by atoms with van der Waals surface area (Å²) < 4.78 is 7.03. The fourth-order valence-corrected chi connectivity index (χ4v) is 3.33. The molecule has 0 amide bonds. The minimum absolute atomic E-state index is 0.0669. The summed E-state index contributed by atoms with van der Waals surface area (Å²) in [5, 5.41) is 12.9. The summed E-state index contributed by atoms with van der Waals surface area (Å²) in [5.41, 5.74) is 5.89. The number of fused-ring (bicyclic) bond motifs is 1. The normalized spacial score (nSPS) is 18.2. The van der Waals surface area contributed by atoms with Crippen molar-refractivity contribution in [2.45, 2.75) is 37.6 Å². The first-order chi connectivity index (χ1) is 9.59. The average molecular weight is 296 g/mol. The van der Waals surface area contributed by atoms with Crippen molar-refractivity contribution in [1.82, 2.24) is 9.38 Å². The second kappa shape index (κ2) is 5.02. The summed E-state index contributed by atoms with van der Waals surface area (Å²) in [6, 6.07) is 0. The Kier molecular flexibility index (Phi) is 3.35. The molecule has 0 unspecified atom stereocenters. The molecule has 8 heteroatoms. The van der Waals surface area contributed by atoms with E-state index in [0.29, 0.717) is 4.96 Å². The van der Waals surface area contributed by atoms with Crippen molar-refractivity contribution in [3.8, 4) is 5.88 Å². The van der Waals surface area contributed by atoms with E-state index in [0.717, 1.165) is 25.7 Å². The van der Waals surface area contributed by atoms with E-state index in [1.807, 2.05) is 0 Å². The van der Waals surface area contributed by atoms with Gasteiger partial charge in [-0.3, -0.25) is 0 Å². The quantitative estimate of drug-likeness (QED) is 0.690. The number of nitro groups is 1. The van der Waals surface area contributed by atoms with Gasteiger partial charge in [0.15, 0.2) is 0 Å². The number of nitrogens with zero attached hydrogens (tertiary/aromatic N) is 3. The fraction of sp³-hybridized carbons (Fsp3) is 0.583. The third kappa shape index (κ3) is 2.36. The van der Waals surface area contributed by atoms with E-state index in [9.17, 15) is 10.1 Å². The van der Waals surface area contributed by atoms with Crippen molar-refractivity contribution in [3.05, 3.63) is 21.7 Å².